The van der Waals surface area contributed by atoms with Gasteiger partial charge in [0.15, 0.2) is 6.29 Å². The van der Waals surface area contributed by atoms with Crippen molar-refractivity contribution in [3.05, 3.63) is 0 Å². The summed E-state index contributed by atoms with van der Waals surface area (Å²) in [5, 5.41) is 0.844. The molecule has 0 unspecified atom stereocenters. The van der Waals surface area contributed by atoms with Crippen LogP contribution < -0.4 is 0 Å². The Labute approximate surface area is 90.3 Å². The van der Waals surface area contributed by atoms with Gasteiger partial charge >= 0.3 is 0 Å². The molecule has 1 aliphatic heterocycles. The van der Waals surface area contributed by atoms with Crippen LogP contribution in [0.3, 0.4) is 0 Å². The van der Waals surface area contributed by atoms with Crippen LogP contribution in [-0.4, -0.2) is 28.7 Å². The molecule has 0 aromatic rings. The maximum absolute atomic E-state index is 5.61. The predicted octanol–water partition coefficient (Wildman–Crippen LogP) is 2.68. The number of hydrogen-bond donors (Lipinski definition) is 0. The first kappa shape index (κ1) is 11.0. The first-order chi connectivity index (χ1) is 5.63. The van der Waals surface area contributed by atoms with Crippen LogP contribution >= 0.6 is 31.9 Å². The van der Waals surface area contributed by atoms with Gasteiger partial charge in [0.05, 0.1) is 17.0 Å². The second-order valence-corrected chi connectivity index (χ2v) is 4.99. The van der Waals surface area contributed by atoms with Crippen LogP contribution in [0.2, 0.25) is 0 Å². The largest absolute Gasteiger partial charge is 0.348 e. The number of rotatable bonds is 2. The quantitative estimate of drug-likeness (QED) is 0.730. The highest BCUT2D eigenvalue weighted by Gasteiger charge is 2.29. The average molecular weight is 302 g/mol. The third-order valence-electron chi connectivity index (χ3n) is 1.84. The van der Waals surface area contributed by atoms with Crippen molar-refractivity contribution < 1.29 is 9.47 Å². The zero-order valence-corrected chi connectivity index (χ0v) is 10.5. The Morgan fingerprint density at radius 2 is 1.83 bits per heavy atom. The van der Waals surface area contributed by atoms with Crippen LogP contribution in [0, 0.1) is 0 Å². The lowest BCUT2D eigenvalue weighted by Gasteiger charge is -2.34. The van der Waals surface area contributed by atoms with E-state index in [1.54, 1.807) is 0 Å². The second-order valence-electron chi connectivity index (χ2n) is 3.17. The number of halogens is 2. The molecule has 0 saturated carbocycles. The standard InChI is InChI=1S/C8H14Br2O2/c1-5-3-6(2)12-8(11-5)7(10)4-9/h5-8H,3-4H2,1-2H3/t5-,6-,7-/m1/s1. The summed E-state index contributed by atoms with van der Waals surface area (Å²) >= 11 is 6.88. The van der Waals surface area contributed by atoms with Gasteiger partial charge in [-0.25, -0.2) is 0 Å². The van der Waals surface area contributed by atoms with Crippen LogP contribution in [0.5, 0.6) is 0 Å². The molecule has 2 nitrogen and oxygen atoms in total. The van der Waals surface area contributed by atoms with E-state index in [9.17, 15) is 0 Å². The molecule has 12 heavy (non-hydrogen) atoms. The zero-order valence-electron chi connectivity index (χ0n) is 7.30. The minimum absolute atomic E-state index is 0.108. The molecule has 1 heterocycles. The molecule has 0 N–H and O–H groups in total. The van der Waals surface area contributed by atoms with Gasteiger partial charge in [0.25, 0.3) is 0 Å². The molecule has 0 amide bonds. The minimum atomic E-state index is -0.108. The Kier molecular flexibility index (Phi) is 4.51. The fourth-order valence-electron chi connectivity index (χ4n) is 1.31. The molecular formula is C8H14Br2O2. The van der Waals surface area contributed by atoms with E-state index < -0.39 is 0 Å². The van der Waals surface area contributed by atoms with E-state index in [1.165, 1.54) is 0 Å². The highest BCUT2D eigenvalue weighted by molar-refractivity contribution is 9.12. The summed E-state index contributed by atoms with van der Waals surface area (Å²) in [7, 11) is 0. The van der Waals surface area contributed by atoms with Crippen molar-refractivity contribution in [3.8, 4) is 0 Å². The van der Waals surface area contributed by atoms with Gasteiger partial charge in [-0.15, -0.1) is 0 Å². The number of ether oxygens (including phenoxy) is 2. The summed E-state index contributed by atoms with van der Waals surface area (Å²) in [6.07, 6.45) is 1.48. The van der Waals surface area contributed by atoms with E-state index in [4.69, 9.17) is 9.47 Å². The fourth-order valence-corrected chi connectivity index (χ4v) is 1.87. The summed E-state index contributed by atoms with van der Waals surface area (Å²) in [5.41, 5.74) is 0. The Balaban J connectivity index is 2.43. The molecule has 4 heteroatoms. The second kappa shape index (κ2) is 4.94. The van der Waals surface area contributed by atoms with E-state index in [1.807, 2.05) is 0 Å². The van der Waals surface area contributed by atoms with Gasteiger partial charge in [-0.05, 0) is 20.3 Å². The Morgan fingerprint density at radius 1 is 1.33 bits per heavy atom. The summed E-state index contributed by atoms with van der Waals surface area (Å²) in [4.78, 5) is 0.239. The van der Waals surface area contributed by atoms with Gasteiger partial charge in [-0.3, -0.25) is 0 Å². The van der Waals surface area contributed by atoms with Gasteiger partial charge in [0.2, 0.25) is 0 Å². The van der Waals surface area contributed by atoms with Crippen molar-refractivity contribution in [1.82, 2.24) is 0 Å². The molecule has 1 fully saturated rings. The maximum Gasteiger partial charge on any atom is 0.171 e. The molecule has 0 spiro atoms. The lowest BCUT2D eigenvalue weighted by atomic mass is 10.2. The normalized spacial score (nSPS) is 39.5. The molecular weight excluding hydrogens is 288 g/mol. The van der Waals surface area contributed by atoms with Crippen LogP contribution in [0.25, 0.3) is 0 Å². The molecule has 0 radical (unpaired) electrons. The van der Waals surface area contributed by atoms with Crippen LogP contribution in [0.15, 0.2) is 0 Å². The zero-order chi connectivity index (χ0) is 9.14. The van der Waals surface area contributed by atoms with E-state index in [0.29, 0.717) is 12.2 Å². The molecule has 1 saturated heterocycles. The van der Waals surface area contributed by atoms with Crippen LogP contribution in [0.1, 0.15) is 20.3 Å². The van der Waals surface area contributed by atoms with E-state index in [-0.39, 0.29) is 11.1 Å². The first-order valence-electron chi connectivity index (χ1n) is 4.14. The molecule has 0 aromatic carbocycles. The molecule has 3 atom stereocenters. The Morgan fingerprint density at radius 3 is 2.25 bits per heavy atom. The predicted molar refractivity (Wildman–Crippen MR) is 56.0 cm³/mol. The smallest absolute Gasteiger partial charge is 0.171 e. The third kappa shape index (κ3) is 2.98. The van der Waals surface area contributed by atoms with Gasteiger partial charge in [0, 0.05) is 5.33 Å². The molecule has 0 aliphatic carbocycles. The molecule has 0 bridgehead atoms. The van der Waals surface area contributed by atoms with Crippen LogP contribution in [0.4, 0.5) is 0 Å². The van der Waals surface area contributed by atoms with Crippen molar-refractivity contribution in [3.63, 3.8) is 0 Å². The van der Waals surface area contributed by atoms with Crippen molar-refractivity contribution in [1.29, 1.82) is 0 Å². The number of alkyl halides is 2. The summed E-state index contributed by atoms with van der Waals surface area (Å²) in [6.45, 7) is 4.17. The van der Waals surface area contributed by atoms with Gasteiger partial charge in [0.1, 0.15) is 0 Å². The van der Waals surface area contributed by atoms with Gasteiger partial charge < -0.3 is 9.47 Å². The Bertz CT molecular complexity index is 133. The van der Waals surface area contributed by atoms with Crippen molar-refractivity contribution in [2.24, 2.45) is 0 Å². The summed E-state index contributed by atoms with van der Waals surface area (Å²) in [6, 6.07) is 0. The molecule has 0 aromatic heterocycles. The lowest BCUT2D eigenvalue weighted by molar-refractivity contribution is -0.230. The molecule has 1 rings (SSSR count). The van der Waals surface area contributed by atoms with E-state index >= 15 is 0 Å². The van der Waals surface area contributed by atoms with Crippen LogP contribution in [-0.2, 0) is 9.47 Å². The van der Waals surface area contributed by atoms with Gasteiger partial charge in [-0.1, -0.05) is 31.9 Å². The summed E-state index contributed by atoms with van der Waals surface area (Å²) in [5.74, 6) is 0. The van der Waals surface area contributed by atoms with E-state index in [2.05, 4.69) is 45.7 Å². The maximum atomic E-state index is 5.61. The molecule has 72 valence electrons. The highest BCUT2D eigenvalue weighted by Crippen LogP contribution is 2.24. The van der Waals surface area contributed by atoms with Crippen molar-refractivity contribution in [2.45, 2.75) is 43.6 Å². The number of hydrogen-bond acceptors (Lipinski definition) is 2. The average Bonchev–Trinajstić information content (AvgIpc) is 2.01. The van der Waals surface area contributed by atoms with E-state index in [0.717, 1.165) is 11.8 Å². The van der Waals surface area contributed by atoms with Gasteiger partial charge in [-0.2, -0.15) is 0 Å². The SMILES string of the molecule is C[C@@H]1C[C@@H](C)OC([C@H](Br)CBr)O1. The molecule has 1 aliphatic rings. The highest BCUT2D eigenvalue weighted by atomic mass is 79.9. The van der Waals surface area contributed by atoms with Crippen molar-refractivity contribution in [2.75, 3.05) is 5.33 Å². The minimum Gasteiger partial charge on any atom is -0.348 e. The lowest BCUT2D eigenvalue weighted by Crippen LogP contribution is -2.40. The topological polar surface area (TPSA) is 18.5 Å². The monoisotopic (exact) mass is 300 g/mol. The van der Waals surface area contributed by atoms with Crippen molar-refractivity contribution >= 4 is 31.9 Å². The fraction of sp³-hybridized carbons (Fsp3) is 1.00. The Hall–Kier alpha value is 0.880. The first-order valence-corrected chi connectivity index (χ1v) is 6.18. The summed E-state index contributed by atoms with van der Waals surface area (Å²) < 4.78 is 11.2. The third-order valence-corrected chi connectivity index (χ3v) is 4.16.